The quantitative estimate of drug-likeness (QED) is 0.831. The van der Waals surface area contributed by atoms with E-state index in [1.165, 1.54) is 0 Å². The lowest BCUT2D eigenvalue weighted by Gasteiger charge is -2.36. The Morgan fingerprint density at radius 2 is 2.25 bits per heavy atom. The summed E-state index contributed by atoms with van der Waals surface area (Å²) >= 11 is 0. The fraction of sp³-hybridized carbons (Fsp3) is 0.733. The second-order valence-corrected chi connectivity index (χ2v) is 5.44. The van der Waals surface area contributed by atoms with Crippen LogP contribution in [-0.4, -0.2) is 40.1 Å². The molecule has 5 nitrogen and oxygen atoms in total. The molecule has 5 heteroatoms. The van der Waals surface area contributed by atoms with Crippen molar-refractivity contribution >= 4 is 5.91 Å². The van der Waals surface area contributed by atoms with Crippen LogP contribution < -0.4 is 0 Å². The van der Waals surface area contributed by atoms with E-state index in [1.54, 1.807) is 0 Å². The molecule has 1 aliphatic heterocycles. The fourth-order valence-corrected chi connectivity index (χ4v) is 2.81. The summed E-state index contributed by atoms with van der Waals surface area (Å²) in [6.07, 6.45) is 3.27. The molecular formula is C15H25N3O2. The van der Waals surface area contributed by atoms with E-state index in [-0.39, 0.29) is 11.9 Å². The van der Waals surface area contributed by atoms with Gasteiger partial charge >= 0.3 is 0 Å². The lowest BCUT2D eigenvalue weighted by Crippen LogP contribution is -2.42. The molecule has 0 saturated heterocycles. The van der Waals surface area contributed by atoms with E-state index >= 15 is 0 Å². The third kappa shape index (κ3) is 2.73. The Hall–Kier alpha value is -1.36. The molecule has 1 aromatic heterocycles. The Bertz CT molecular complexity index is 468. The van der Waals surface area contributed by atoms with Crippen molar-refractivity contribution < 1.29 is 9.53 Å². The molecule has 0 radical (unpaired) electrons. The third-order valence-corrected chi connectivity index (χ3v) is 3.85. The largest absolute Gasteiger partial charge is 0.379 e. The molecular weight excluding hydrogens is 254 g/mol. The van der Waals surface area contributed by atoms with Gasteiger partial charge in [0.2, 0.25) is 5.91 Å². The highest BCUT2D eigenvalue weighted by Gasteiger charge is 2.34. The van der Waals surface area contributed by atoms with Crippen LogP contribution in [0.5, 0.6) is 0 Å². The maximum absolute atomic E-state index is 12.2. The number of hydrogen-bond acceptors (Lipinski definition) is 3. The molecule has 0 aromatic carbocycles. The van der Waals surface area contributed by atoms with Gasteiger partial charge in [0.25, 0.3) is 0 Å². The topological polar surface area (TPSA) is 47.4 Å². The highest BCUT2D eigenvalue weighted by atomic mass is 16.5. The SMILES string of the molecule is CCOC[C@@H]1c2c(ncn2C(C)C)CCN1C(=O)CC. The van der Waals surface area contributed by atoms with E-state index in [9.17, 15) is 4.79 Å². The van der Waals surface area contributed by atoms with E-state index in [2.05, 4.69) is 23.4 Å². The van der Waals surface area contributed by atoms with Gasteiger partial charge in [-0.2, -0.15) is 0 Å². The molecule has 0 spiro atoms. The van der Waals surface area contributed by atoms with Crippen LogP contribution in [0.25, 0.3) is 0 Å². The number of imidazole rings is 1. The Morgan fingerprint density at radius 3 is 2.85 bits per heavy atom. The molecule has 1 aliphatic rings. The van der Waals surface area contributed by atoms with Crippen LogP contribution in [0.15, 0.2) is 6.33 Å². The van der Waals surface area contributed by atoms with Crippen LogP contribution in [0.4, 0.5) is 0 Å². The summed E-state index contributed by atoms with van der Waals surface area (Å²) in [6, 6.07) is 0.336. The summed E-state index contributed by atoms with van der Waals surface area (Å²) in [4.78, 5) is 18.7. The van der Waals surface area contributed by atoms with E-state index in [4.69, 9.17) is 4.74 Å². The lowest BCUT2D eigenvalue weighted by molar-refractivity contribution is -0.135. The summed E-state index contributed by atoms with van der Waals surface area (Å²) in [5.74, 6) is 0.192. The van der Waals surface area contributed by atoms with Crippen LogP contribution in [0.2, 0.25) is 0 Å². The van der Waals surface area contributed by atoms with Gasteiger partial charge in [-0.1, -0.05) is 6.92 Å². The molecule has 2 rings (SSSR count). The highest BCUT2D eigenvalue weighted by molar-refractivity contribution is 5.76. The van der Waals surface area contributed by atoms with Crippen molar-refractivity contribution in [3.63, 3.8) is 0 Å². The Morgan fingerprint density at radius 1 is 1.50 bits per heavy atom. The second-order valence-electron chi connectivity index (χ2n) is 5.44. The molecule has 0 aliphatic carbocycles. The van der Waals surface area contributed by atoms with Crippen molar-refractivity contribution in [3.8, 4) is 0 Å². The summed E-state index contributed by atoms with van der Waals surface area (Å²) in [5.41, 5.74) is 2.27. The molecule has 0 N–H and O–H groups in total. The predicted octanol–water partition coefficient (Wildman–Crippen LogP) is 2.34. The third-order valence-electron chi connectivity index (χ3n) is 3.85. The monoisotopic (exact) mass is 279 g/mol. The molecule has 1 aromatic rings. The van der Waals surface area contributed by atoms with Crippen molar-refractivity contribution in [2.45, 2.75) is 52.6 Å². The van der Waals surface area contributed by atoms with E-state index in [0.717, 1.165) is 24.4 Å². The first-order valence-electron chi connectivity index (χ1n) is 7.52. The molecule has 0 unspecified atom stereocenters. The zero-order valence-electron chi connectivity index (χ0n) is 12.9. The normalized spacial score (nSPS) is 18.4. The van der Waals surface area contributed by atoms with E-state index in [1.807, 2.05) is 25.1 Å². The van der Waals surface area contributed by atoms with Gasteiger partial charge in [-0.25, -0.2) is 4.98 Å². The zero-order chi connectivity index (χ0) is 14.7. The van der Waals surface area contributed by atoms with Crippen LogP contribution in [0.3, 0.4) is 0 Å². The predicted molar refractivity (Wildman–Crippen MR) is 77.6 cm³/mol. The number of rotatable bonds is 5. The molecule has 0 fully saturated rings. The minimum absolute atomic E-state index is 0.00366. The first-order valence-corrected chi connectivity index (χ1v) is 7.52. The molecule has 0 bridgehead atoms. The smallest absolute Gasteiger partial charge is 0.222 e. The van der Waals surface area contributed by atoms with E-state index < -0.39 is 0 Å². The van der Waals surface area contributed by atoms with Gasteiger partial charge in [0.1, 0.15) is 0 Å². The van der Waals surface area contributed by atoms with Crippen molar-refractivity contribution in [1.29, 1.82) is 0 Å². The minimum atomic E-state index is -0.00366. The average molecular weight is 279 g/mol. The van der Waals surface area contributed by atoms with Gasteiger partial charge in [0.05, 0.1) is 30.4 Å². The molecule has 112 valence electrons. The van der Waals surface area contributed by atoms with Gasteiger partial charge < -0.3 is 14.2 Å². The lowest BCUT2D eigenvalue weighted by atomic mass is 10.0. The van der Waals surface area contributed by atoms with Gasteiger partial charge in [0.15, 0.2) is 0 Å². The molecule has 1 amide bonds. The summed E-state index contributed by atoms with van der Waals surface area (Å²) in [7, 11) is 0. The van der Waals surface area contributed by atoms with Crippen molar-refractivity contribution in [1.82, 2.24) is 14.5 Å². The molecule has 1 atom stereocenters. The molecule has 0 saturated carbocycles. The van der Waals surface area contributed by atoms with Crippen molar-refractivity contribution in [2.75, 3.05) is 19.8 Å². The van der Waals surface area contributed by atoms with Crippen molar-refractivity contribution in [3.05, 3.63) is 17.7 Å². The molecule has 2 heterocycles. The van der Waals surface area contributed by atoms with Gasteiger partial charge in [-0.3, -0.25) is 4.79 Å². The van der Waals surface area contributed by atoms with Crippen LogP contribution in [0.1, 0.15) is 57.6 Å². The fourth-order valence-electron chi connectivity index (χ4n) is 2.81. The van der Waals surface area contributed by atoms with E-state index in [0.29, 0.717) is 25.7 Å². The van der Waals surface area contributed by atoms with Crippen LogP contribution in [-0.2, 0) is 16.0 Å². The standard InChI is InChI=1S/C15H25N3O2/c1-5-14(19)17-8-7-12-15(13(17)9-20-6-2)18(10-16-12)11(3)4/h10-11,13H,5-9H2,1-4H3/t13-/m1/s1. The van der Waals surface area contributed by atoms with Crippen LogP contribution in [0, 0.1) is 0 Å². The van der Waals surface area contributed by atoms with Crippen LogP contribution >= 0.6 is 0 Å². The maximum atomic E-state index is 12.2. The first kappa shape index (κ1) is 15.0. The number of fused-ring (bicyclic) bond motifs is 1. The zero-order valence-corrected chi connectivity index (χ0v) is 12.9. The highest BCUT2D eigenvalue weighted by Crippen LogP contribution is 2.31. The number of hydrogen-bond donors (Lipinski definition) is 0. The Labute approximate surface area is 120 Å². The minimum Gasteiger partial charge on any atom is -0.379 e. The molecule has 20 heavy (non-hydrogen) atoms. The average Bonchev–Trinajstić information content (AvgIpc) is 2.88. The first-order chi connectivity index (χ1) is 9.60. The number of amides is 1. The second kappa shape index (κ2) is 6.39. The van der Waals surface area contributed by atoms with Crippen molar-refractivity contribution in [2.24, 2.45) is 0 Å². The summed E-state index contributed by atoms with van der Waals surface area (Å²) < 4.78 is 7.80. The van der Waals surface area contributed by atoms with Gasteiger partial charge in [-0.05, 0) is 20.8 Å². The maximum Gasteiger partial charge on any atom is 0.222 e. The summed E-state index contributed by atoms with van der Waals surface area (Å²) in [6.45, 7) is 10.1. The van der Waals surface area contributed by atoms with Gasteiger partial charge in [0, 0.05) is 32.0 Å². The Kier molecular flexibility index (Phi) is 4.81. The number of nitrogens with zero attached hydrogens (tertiary/aromatic N) is 3. The Balaban J connectivity index is 2.37. The number of carbonyl (C=O) groups excluding carboxylic acids is 1. The van der Waals surface area contributed by atoms with Gasteiger partial charge in [-0.15, -0.1) is 0 Å². The number of carbonyl (C=O) groups is 1. The number of ether oxygens (including phenoxy) is 1. The summed E-state index contributed by atoms with van der Waals surface area (Å²) in [5, 5.41) is 0. The number of aromatic nitrogens is 2.